The molecule has 2 aromatic rings. The zero-order valence-electron chi connectivity index (χ0n) is 24.7. The van der Waals surface area contributed by atoms with Crippen LogP contribution in [0.2, 0.25) is 0 Å². The molecule has 0 heterocycles. The molecule has 4 atom stereocenters. The maximum absolute atomic E-state index is 6.57. The first-order valence-electron chi connectivity index (χ1n) is 14.6. The van der Waals surface area contributed by atoms with Gasteiger partial charge in [0.1, 0.15) is 11.5 Å². The predicted octanol–water partition coefficient (Wildman–Crippen LogP) is 11.7. The van der Waals surface area contributed by atoms with Crippen molar-refractivity contribution < 1.29 is 9.05 Å². The Balaban J connectivity index is 2.31. The van der Waals surface area contributed by atoms with Crippen molar-refractivity contribution in [2.24, 2.45) is 0 Å². The van der Waals surface area contributed by atoms with Crippen LogP contribution in [0.4, 0.5) is 0 Å². The maximum Gasteiger partial charge on any atom is 0.286 e. The quantitative estimate of drug-likeness (QED) is 0.208. The van der Waals surface area contributed by atoms with Gasteiger partial charge in [-0.15, -0.1) is 0 Å². The summed E-state index contributed by atoms with van der Waals surface area (Å²) in [4.78, 5) is 0. The summed E-state index contributed by atoms with van der Waals surface area (Å²) in [6, 6.07) is 13.7. The van der Waals surface area contributed by atoms with Gasteiger partial charge in [0.2, 0.25) is 0 Å². The first-order chi connectivity index (χ1) is 17.2. The third kappa shape index (κ3) is 8.79. The average molecular weight is 513 g/mol. The van der Waals surface area contributed by atoms with E-state index in [1.54, 1.807) is 0 Å². The average Bonchev–Trinajstić information content (AvgIpc) is 2.85. The van der Waals surface area contributed by atoms with Crippen LogP contribution in [-0.4, -0.2) is 6.66 Å². The van der Waals surface area contributed by atoms with Gasteiger partial charge < -0.3 is 9.05 Å². The summed E-state index contributed by atoms with van der Waals surface area (Å²) in [6.45, 7) is 20.5. The summed E-state index contributed by atoms with van der Waals surface area (Å²) in [5.41, 5.74) is 5.52. The number of hydrogen-bond donors (Lipinski definition) is 0. The van der Waals surface area contributed by atoms with E-state index in [-0.39, 0.29) is 0 Å². The predicted molar refractivity (Wildman–Crippen MR) is 160 cm³/mol. The largest absolute Gasteiger partial charge is 0.438 e. The molecule has 0 saturated carbocycles. The highest BCUT2D eigenvalue weighted by molar-refractivity contribution is 7.47. The van der Waals surface area contributed by atoms with Crippen LogP contribution in [-0.2, 0) is 0 Å². The normalized spacial score (nSPS) is 15.7. The Morgan fingerprint density at radius 3 is 1.22 bits per heavy atom. The lowest BCUT2D eigenvalue weighted by molar-refractivity contribution is 0.479. The molecule has 4 unspecified atom stereocenters. The molecule has 3 heteroatoms. The van der Waals surface area contributed by atoms with Crippen LogP contribution in [0.25, 0.3) is 0 Å². The topological polar surface area (TPSA) is 18.5 Å². The second-order valence-corrected chi connectivity index (χ2v) is 12.2. The fourth-order valence-electron chi connectivity index (χ4n) is 5.36. The fraction of sp³-hybridized carbons (Fsp3) is 0.636. The van der Waals surface area contributed by atoms with Gasteiger partial charge >= 0.3 is 0 Å². The van der Waals surface area contributed by atoms with Crippen molar-refractivity contribution in [3.63, 3.8) is 0 Å². The molecule has 36 heavy (non-hydrogen) atoms. The molecular weight excluding hydrogens is 459 g/mol. The van der Waals surface area contributed by atoms with Crippen molar-refractivity contribution in [3.05, 3.63) is 58.7 Å². The Labute approximate surface area is 224 Å². The Morgan fingerprint density at radius 1 is 0.556 bits per heavy atom. The van der Waals surface area contributed by atoms with Gasteiger partial charge in [-0.05, 0) is 83.7 Å². The van der Waals surface area contributed by atoms with E-state index in [0.29, 0.717) is 23.7 Å². The summed E-state index contributed by atoms with van der Waals surface area (Å²) in [6.07, 6.45) is 9.54. The fourth-order valence-corrected chi connectivity index (χ4v) is 6.28. The molecular formula is C33H53O2P. The van der Waals surface area contributed by atoms with E-state index in [9.17, 15) is 0 Å². The van der Waals surface area contributed by atoms with Gasteiger partial charge in [-0.3, -0.25) is 0 Å². The molecule has 0 aliphatic carbocycles. The second kappa shape index (κ2) is 15.7. The summed E-state index contributed by atoms with van der Waals surface area (Å²) in [5, 5.41) is 0. The molecule has 0 amide bonds. The van der Waals surface area contributed by atoms with Crippen molar-refractivity contribution in [1.82, 2.24) is 0 Å². The highest BCUT2D eigenvalue weighted by atomic mass is 31.2. The molecule has 2 aromatic carbocycles. The van der Waals surface area contributed by atoms with Crippen LogP contribution in [0.3, 0.4) is 0 Å². The lowest BCUT2D eigenvalue weighted by Crippen LogP contribution is -2.05. The third-order valence-electron chi connectivity index (χ3n) is 7.61. The molecule has 0 aromatic heterocycles. The van der Waals surface area contributed by atoms with Crippen molar-refractivity contribution in [1.29, 1.82) is 0 Å². The summed E-state index contributed by atoms with van der Waals surface area (Å²) in [5.74, 6) is 4.09. The molecule has 202 valence electrons. The van der Waals surface area contributed by atoms with Crippen LogP contribution in [0.5, 0.6) is 11.5 Å². The molecule has 0 saturated heterocycles. The molecule has 0 aliphatic rings. The zero-order chi connectivity index (χ0) is 26.7. The number of hydrogen-bond acceptors (Lipinski definition) is 2. The summed E-state index contributed by atoms with van der Waals surface area (Å²) in [7, 11) is -1.10. The highest BCUT2D eigenvalue weighted by Crippen LogP contribution is 2.44. The highest BCUT2D eigenvalue weighted by Gasteiger charge is 2.20. The summed E-state index contributed by atoms with van der Waals surface area (Å²) < 4.78 is 13.1. The Kier molecular flexibility index (Phi) is 13.4. The van der Waals surface area contributed by atoms with Gasteiger partial charge in [-0.2, -0.15) is 0 Å². The van der Waals surface area contributed by atoms with E-state index in [1.165, 1.54) is 73.6 Å². The molecule has 2 nitrogen and oxygen atoms in total. The van der Waals surface area contributed by atoms with Crippen LogP contribution in [0.1, 0.15) is 153 Å². The van der Waals surface area contributed by atoms with Crippen molar-refractivity contribution in [2.75, 3.05) is 6.66 Å². The van der Waals surface area contributed by atoms with E-state index in [0.717, 1.165) is 11.5 Å². The smallest absolute Gasteiger partial charge is 0.286 e. The van der Waals surface area contributed by atoms with Crippen molar-refractivity contribution in [2.45, 2.75) is 130 Å². The minimum atomic E-state index is -1.10. The molecule has 0 fully saturated rings. The molecule has 0 spiro atoms. The monoisotopic (exact) mass is 512 g/mol. The lowest BCUT2D eigenvalue weighted by atomic mass is 9.89. The van der Waals surface area contributed by atoms with Crippen LogP contribution in [0, 0.1) is 0 Å². The second-order valence-electron chi connectivity index (χ2n) is 11.0. The number of benzene rings is 2. The van der Waals surface area contributed by atoms with Crippen LogP contribution >= 0.6 is 8.38 Å². The summed E-state index contributed by atoms with van der Waals surface area (Å²) >= 11 is 0. The van der Waals surface area contributed by atoms with E-state index < -0.39 is 8.38 Å². The molecule has 0 N–H and O–H groups in total. The van der Waals surface area contributed by atoms with E-state index in [4.69, 9.17) is 9.05 Å². The molecule has 0 radical (unpaired) electrons. The Bertz CT molecular complexity index is 835. The van der Waals surface area contributed by atoms with Crippen LogP contribution < -0.4 is 9.05 Å². The van der Waals surface area contributed by atoms with Gasteiger partial charge in [-0.1, -0.05) is 105 Å². The van der Waals surface area contributed by atoms with E-state index in [2.05, 4.69) is 98.5 Å². The first kappa shape index (κ1) is 30.7. The zero-order valence-corrected chi connectivity index (χ0v) is 25.6. The van der Waals surface area contributed by atoms with Crippen LogP contribution in [0.15, 0.2) is 36.4 Å². The molecule has 2 rings (SSSR count). The minimum Gasteiger partial charge on any atom is -0.438 e. The van der Waals surface area contributed by atoms with Gasteiger partial charge in [0.15, 0.2) is 0 Å². The number of rotatable bonds is 16. The Hall–Kier alpha value is -1.53. The lowest BCUT2D eigenvalue weighted by Gasteiger charge is -2.24. The van der Waals surface area contributed by atoms with Gasteiger partial charge in [0, 0.05) is 6.66 Å². The van der Waals surface area contributed by atoms with Crippen molar-refractivity contribution in [3.8, 4) is 11.5 Å². The maximum atomic E-state index is 6.57. The third-order valence-corrected chi connectivity index (χ3v) is 8.52. The SMILES string of the molecule is CCCC(C)c1ccc(OP(C)Oc2ccc(C(C)CCC)cc2C(C)CCC)c(C(C)CCC)c1. The molecule has 0 bridgehead atoms. The van der Waals surface area contributed by atoms with Gasteiger partial charge in [0.05, 0.1) is 0 Å². The van der Waals surface area contributed by atoms with Gasteiger partial charge in [0.25, 0.3) is 8.38 Å². The van der Waals surface area contributed by atoms with E-state index >= 15 is 0 Å². The molecule has 0 aliphatic heterocycles. The Morgan fingerprint density at radius 2 is 0.889 bits per heavy atom. The van der Waals surface area contributed by atoms with Crippen molar-refractivity contribution >= 4 is 8.38 Å². The van der Waals surface area contributed by atoms with E-state index in [1.807, 2.05) is 0 Å². The minimum absolute atomic E-state index is 0.474. The van der Waals surface area contributed by atoms with Gasteiger partial charge in [-0.25, -0.2) is 0 Å². The standard InChI is InChI=1S/C33H53O2P/c1-10-14-24(5)28-18-20-32(30(22-28)26(7)16-12-3)34-36(9)35-33-21-19-29(25(6)15-11-2)23-31(33)27(8)17-13-4/h18-27H,10-17H2,1-9H3. The first-order valence-corrected chi connectivity index (χ1v) is 16.2.